The summed E-state index contributed by atoms with van der Waals surface area (Å²) in [6.07, 6.45) is 3.76. The smallest absolute Gasteiger partial charge is 0.311 e. The molecule has 3 aliphatic heterocycles. The van der Waals surface area contributed by atoms with Gasteiger partial charge in [-0.25, -0.2) is 0 Å². The van der Waals surface area contributed by atoms with E-state index in [2.05, 4.69) is 6.92 Å². The minimum Gasteiger partial charge on any atom is -0.432 e. The van der Waals surface area contributed by atoms with E-state index in [9.17, 15) is 4.79 Å². The maximum Gasteiger partial charge on any atom is 0.311 e. The Morgan fingerprint density at radius 2 is 2.05 bits per heavy atom. The fourth-order valence-corrected chi connectivity index (χ4v) is 5.03. The van der Waals surface area contributed by atoms with Crippen LogP contribution in [0, 0.1) is 23.7 Å². The van der Waals surface area contributed by atoms with Crippen molar-refractivity contribution in [1.29, 1.82) is 0 Å². The van der Waals surface area contributed by atoms with Gasteiger partial charge in [0, 0.05) is 12.3 Å². The zero-order valence-electron chi connectivity index (χ0n) is 11.8. The second kappa shape index (κ2) is 3.53. The third kappa shape index (κ3) is 1.34. The summed E-state index contributed by atoms with van der Waals surface area (Å²) >= 11 is 0. The number of ether oxygens (including phenoxy) is 3. The van der Waals surface area contributed by atoms with E-state index in [1.165, 1.54) is 6.42 Å². The highest BCUT2D eigenvalue weighted by Gasteiger charge is 2.72. The van der Waals surface area contributed by atoms with Crippen LogP contribution >= 0.6 is 0 Å². The van der Waals surface area contributed by atoms with Crippen LogP contribution in [-0.2, 0) is 19.0 Å². The number of esters is 1. The van der Waals surface area contributed by atoms with Crippen molar-refractivity contribution in [2.45, 2.75) is 64.1 Å². The molecule has 4 fully saturated rings. The third-order valence-corrected chi connectivity index (χ3v) is 6.00. The predicted molar refractivity (Wildman–Crippen MR) is 67.0 cm³/mol. The number of fused-ring (bicyclic) bond motifs is 1. The van der Waals surface area contributed by atoms with Crippen LogP contribution in [0.4, 0.5) is 0 Å². The van der Waals surface area contributed by atoms with E-state index >= 15 is 0 Å². The molecule has 0 aromatic carbocycles. The molecule has 0 radical (unpaired) electrons. The van der Waals surface area contributed by atoms with Gasteiger partial charge in [-0.2, -0.15) is 0 Å². The minimum absolute atomic E-state index is 0.0738. The second-order valence-corrected chi connectivity index (χ2v) is 7.07. The highest BCUT2D eigenvalue weighted by Crippen LogP contribution is 2.62. The summed E-state index contributed by atoms with van der Waals surface area (Å²) in [6, 6.07) is 0. The Kier molecular flexibility index (Phi) is 2.26. The first-order valence-corrected chi connectivity index (χ1v) is 7.55. The first-order chi connectivity index (χ1) is 8.96. The van der Waals surface area contributed by atoms with Crippen molar-refractivity contribution in [3.63, 3.8) is 0 Å². The van der Waals surface area contributed by atoms with E-state index in [4.69, 9.17) is 14.2 Å². The lowest BCUT2D eigenvalue weighted by Gasteiger charge is -2.56. The Morgan fingerprint density at radius 3 is 2.84 bits per heavy atom. The lowest BCUT2D eigenvalue weighted by atomic mass is 9.58. The summed E-state index contributed by atoms with van der Waals surface area (Å²) < 4.78 is 18.0. The molecule has 4 rings (SSSR count). The molecular weight excluding hydrogens is 246 g/mol. The van der Waals surface area contributed by atoms with E-state index in [0.29, 0.717) is 11.8 Å². The number of carbonyl (C=O) groups is 1. The van der Waals surface area contributed by atoms with Crippen LogP contribution in [0.1, 0.15) is 46.5 Å². The molecule has 0 aromatic heterocycles. The first-order valence-electron chi connectivity index (χ1n) is 7.55. The van der Waals surface area contributed by atoms with Crippen molar-refractivity contribution < 1.29 is 19.0 Å². The average Bonchev–Trinajstić information content (AvgIpc) is 2.56. The summed E-state index contributed by atoms with van der Waals surface area (Å²) in [4.78, 5) is 12.1. The highest BCUT2D eigenvalue weighted by atomic mass is 16.8. The number of rotatable bonds is 0. The van der Waals surface area contributed by atoms with Crippen molar-refractivity contribution in [3.05, 3.63) is 0 Å². The number of hydrogen-bond donors (Lipinski definition) is 0. The summed E-state index contributed by atoms with van der Waals surface area (Å²) in [7, 11) is 0. The number of carbonyl (C=O) groups excluding carboxylic acids is 1. The van der Waals surface area contributed by atoms with Gasteiger partial charge in [0.15, 0.2) is 5.79 Å². The van der Waals surface area contributed by atoms with Crippen LogP contribution < -0.4 is 0 Å². The molecule has 0 N–H and O–H groups in total. The van der Waals surface area contributed by atoms with Gasteiger partial charge in [0.2, 0.25) is 6.29 Å². The molecule has 1 aliphatic carbocycles. The van der Waals surface area contributed by atoms with Crippen molar-refractivity contribution in [1.82, 2.24) is 0 Å². The van der Waals surface area contributed by atoms with Crippen LogP contribution in [0.15, 0.2) is 0 Å². The Labute approximate surface area is 113 Å². The lowest BCUT2D eigenvalue weighted by molar-refractivity contribution is -0.263. The molecule has 2 bridgehead atoms. The quantitative estimate of drug-likeness (QED) is 0.633. The summed E-state index contributed by atoms with van der Waals surface area (Å²) in [5.41, 5.74) is -0.377. The molecule has 4 nitrogen and oxygen atoms in total. The molecule has 4 aliphatic rings. The Morgan fingerprint density at radius 1 is 1.26 bits per heavy atom. The van der Waals surface area contributed by atoms with Crippen LogP contribution in [0.3, 0.4) is 0 Å². The molecule has 4 heteroatoms. The SMILES string of the molecule is C[C@@H]1CC[C@H]2[C@@H]([14CH3])C(=O)O[C@@H]3O[C@@]4(C)CC[C@@H]1[C@]32O4. The number of hydrogen-bond acceptors (Lipinski definition) is 4. The van der Waals surface area contributed by atoms with E-state index < -0.39 is 12.1 Å². The van der Waals surface area contributed by atoms with Crippen LogP contribution in [-0.4, -0.2) is 23.6 Å². The van der Waals surface area contributed by atoms with Crippen molar-refractivity contribution in [3.8, 4) is 0 Å². The van der Waals surface area contributed by atoms with Gasteiger partial charge < -0.3 is 14.2 Å². The molecule has 7 atom stereocenters. The van der Waals surface area contributed by atoms with Gasteiger partial charge in [0.05, 0.1) is 5.92 Å². The first kappa shape index (κ1) is 12.2. The van der Waals surface area contributed by atoms with E-state index in [1.807, 2.05) is 13.8 Å². The van der Waals surface area contributed by atoms with Gasteiger partial charge in [0.1, 0.15) is 5.60 Å². The van der Waals surface area contributed by atoms with Gasteiger partial charge in [-0.15, -0.1) is 0 Å². The fourth-order valence-electron chi connectivity index (χ4n) is 5.03. The Hall–Kier alpha value is -0.610. The topological polar surface area (TPSA) is 44.8 Å². The predicted octanol–water partition coefficient (Wildman–Crippen LogP) is 2.46. The van der Waals surface area contributed by atoms with E-state index in [1.54, 1.807) is 0 Å². The molecule has 106 valence electrons. The van der Waals surface area contributed by atoms with Crippen LogP contribution in [0.5, 0.6) is 0 Å². The molecule has 1 saturated carbocycles. The zero-order chi connectivity index (χ0) is 13.4. The van der Waals surface area contributed by atoms with Gasteiger partial charge in [-0.3, -0.25) is 4.79 Å². The molecular formula is C15H22O4. The standard InChI is InChI=1S/C15H22O4/c1-8-4-5-11-9(2)12(16)17-13-15(11)10(8)6-7-14(3,18-13)19-15/h8-11,13H,4-7H2,1-3H3/t8-,9-,10+,11+,13-,14-,15-/m1/s1/i2+2. The van der Waals surface area contributed by atoms with Crippen molar-refractivity contribution >= 4 is 5.97 Å². The fraction of sp³-hybridized carbons (Fsp3) is 0.933. The van der Waals surface area contributed by atoms with Crippen molar-refractivity contribution in [2.24, 2.45) is 23.7 Å². The van der Waals surface area contributed by atoms with Gasteiger partial charge in [-0.1, -0.05) is 13.8 Å². The summed E-state index contributed by atoms with van der Waals surface area (Å²) in [5, 5.41) is 0. The molecule has 0 aromatic rings. The van der Waals surface area contributed by atoms with Gasteiger partial charge >= 0.3 is 5.97 Å². The lowest BCUT2D eigenvalue weighted by Crippen LogP contribution is -2.65. The van der Waals surface area contributed by atoms with Gasteiger partial charge in [-0.05, 0) is 38.0 Å². The van der Waals surface area contributed by atoms with E-state index in [-0.39, 0.29) is 23.4 Å². The Bertz CT molecular complexity index is 436. The summed E-state index contributed by atoms with van der Waals surface area (Å²) in [5.74, 6) is 0.586. The molecule has 3 saturated heterocycles. The Balaban J connectivity index is 1.84. The molecule has 3 heterocycles. The molecule has 0 amide bonds. The van der Waals surface area contributed by atoms with Crippen LogP contribution in [0.2, 0.25) is 0 Å². The maximum absolute atomic E-state index is 12.1. The van der Waals surface area contributed by atoms with Crippen molar-refractivity contribution in [2.75, 3.05) is 0 Å². The second-order valence-electron chi connectivity index (χ2n) is 7.07. The van der Waals surface area contributed by atoms with E-state index in [0.717, 1.165) is 19.3 Å². The van der Waals surface area contributed by atoms with Crippen LogP contribution in [0.25, 0.3) is 0 Å². The minimum atomic E-state index is -0.555. The molecule has 1 spiro atoms. The monoisotopic (exact) mass is 268 g/mol. The largest absolute Gasteiger partial charge is 0.432 e. The molecule has 19 heavy (non-hydrogen) atoms. The average molecular weight is 268 g/mol. The third-order valence-electron chi connectivity index (χ3n) is 6.00. The summed E-state index contributed by atoms with van der Waals surface area (Å²) in [6.45, 7) is 6.28. The normalized spacial score (nSPS) is 59.5. The maximum atomic E-state index is 12.1. The van der Waals surface area contributed by atoms with Gasteiger partial charge in [0.25, 0.3) is 0 Å². The zero-order valence-corrected chi connectivity index (χ0v) is 11.8. The molecule has 0 unspecified atom stereocenters. The highest BCUT2D eigenvalue weighted by molar-refractivity contribution is 5.74.